The van der Waals surface area contributed by atoms with Gasteiger partial charge in [-0.3, -0.25) is 4.98 Å². The number of pyridine rings is 1. The first kappa shape index (κ1) is 38.3. The number of aryl methyl sites for hydroxylation is 5. The van der Waals surface area contributed by atoms with E-state index < -0.39 is 0 Å². The number of aromatic nitrogens is 1. The normalized spacial score (nSPS) is 11.3. The van der Waals surface area contributed by atoms with E-state index in [1.54, 1.807) is 7.11 Å². The molecule has 2 N–H and O–H groups in total. The fraction of sp³-hybridized carbons (Fsp3) is 0.421. The summed E-state index contributed by atoms with van der Waals surface area (Å²) < 4.78 is 5.41. The van der Waals surface area contributed by atoms with Crippen LogP contribution < -0.4 is 10.5 Å². The maximum absolute atomic E-state index is 6.25. The molecular formula is C38H57N3O. The summed E-state index contributed by atoms with van der Waals surface area (Å²) in [6.07, 6.45) is 9.87. The number of aliphatic imine (C=N–C) groups is 1. The van der Waals surface area contributed by atoms with E-state index in [0.29, 0.717) is 12.3 Å². The molecule has 1 heterocycles. The Labute approximate surface area is 257 Å². The van der Waals surface area contributed by atoms with Gasteiger partial charge < -0.3 is 10.5 Å². The number of nitrogens with two attached hydrogens (primary N) is 1. The van der Waals surface area contributed by atoms with E-state index in [9.17, 15) is 0 Å². The van der Waals surface area contributed by atoms with Gasteiger partial charge in [-0.05, 0) is 88.3 Å². The summed E-state index contributed by atoms with van der Waals surface area (Å²) in [6, 6.07) is 17.0. The van der Waals surface area contributed by atoms with Gasteiger partial charge in [0.25, 0.3) is 0 Å². The van der Waals surface area contributed by atoms with Gasteiger partial charge in [-0.1, -0.05) is 101 Å². The Morgan fingerprint density at radius 3 is 2.10 bits per heavy atom. The van der Waals surface area contributed by atoms with Gasteiger partial charge in [-0.25, -0.2) is 4.99 Å². The van der Waals surface area contributed by atoms with Crippen molar-refractivity contribution in [3.05, 3.63) is 106 Å². The summed E-state index contributed by atoms with van der Waals surface area (Å²) in [5.74, 6) is 1.51. The fourth-order valence-corrected chi connectivity index (χ4v) is 3.82. The van der Waals surface area contributed by atoms with Crippen molar-refractivity contribution in [2.75, 3.05) is 7.11 Å². The predicted molar refractivity (Wildman–Crippen MR) is 187 cm³/mol. The van der Waals surface area contributed by atoms with Crippen LogP contribution >= 0.6 is 0 Å². The van der Waals surface area contributed by atoms with Gasteiger partial charge in [0, 0.05) is 18.2 Å². The van der Waals surface area contributed by atoms with Crippen molar-refractivity contribution in [2.24, 2.45) is 10.7 Å². The van der Waals surface area contributed by atoms with Crippen molar-refractivity contribution in [1.82, 2.24) is 4.98 Å². The van der Waals surface area contributed by atoms with Gasteiger partial charge in [-0.2, -0.15) is 0 Å². The molecule has 2 aromatic carbocycles. The lowest BCUT2D eigenvalue weighted by Crippen LogP contribution is -2.12. The van der Waals surface area contributed by atoms with Gasteiger partial charge in [0.05, 0.1) is 24.3 Å². The molecule has 42 heavy (non-hydrogen) atoms. The average molecular weight is 572 g/mol. The minimum Gasteiger partial charge on any atom is -0.496 e. The second-order valence-electron chi connectivity index (χ2n) is 9.66. The maximum atomic E-state index is 6.25. The number of hydrogen-bond donors (Lipinski definition) is 1. The molecule has 0 aliphatic carbocycles. The molecule has 0 saturated carbocycles. The molecule has 0 spiro atoms. The lowest BCUT2D eigenvalue weighted by atomic mass is 10.0. The third-order valence-corrected chi connectivity index (χ3v) is 6.60. The summed E-state index contributed by atoms with van der Waals surface area (Å²) in [6.45, 7) is 22.6. The van der Waals surface area contributed by atoms with Crippen molar-refractivity contribution in [1.29, 1.82) is 0 Å². The summed E-state index contributed by atoms with van der Waals surface area (Å²) >= 11 is 0. The predicted octanol–water partition coefficient (Wildman–Crippen LogP) is 10.7. The average Bonchev–Trinajstić information content (AvgIpc) is 3.03. The van der Waals surface area contributed by atoms with E-state index in [2.05, 4.69) is 98.4 Å². The van der Waals surface area contributed by atoms with Gasteiger partial charge in [0.2, 0.25) is 0 Å². The molecule has 0 aliphatic rings. The molecule has 3 aromatic rings. The third-order valence-electron chi connectivity index (χ3n) is 6.60. The Morgan fingerprint density at radius 1 is 0.929 bits per heavy atom. The maximum Gasteiger partial charge on any atom is 0.122 e. The van der Waals surface area contributed by atoms with Crippen LogP contribution in [0.2, 0.25) is 0 Å². The zero-order valence-electron chi connectivity index (χ0n) is 28.6. The first-order valence-electron chi connectivity index (χ1n) is 15.5. The number of nitrogens with zero attached hydrogens (tertiary/aromatic N) is 2. The Balaban J connectivity index is 0.00000108. The van der Waals surface area contributed by atoms with Crippen LogP contribution in [0.4, 0.5) is 5.69 Å². The van der Waals surface area contributed by atoms with Crippen molar-refractivity contribution >= 4 is 17.1 Å². The van der Waals surface area contributed by atoms with Crippen molar-refractivity contribution in [3.8, 4) is 5.75 Å². The molecule has 0 radical (unpaired) electrons. The van der Waals surface area contributed by atoms with Crippen LogP contribution in [0.1, 0.15) is 102 Å². The Morgan fingerprint density at radius 2 is 1.55 bits per heavy atom. The SMILES string of the molecule is C/C=C(\C=C(C)CC)c1cnc(C)c(N=C(N)CCc2ccc(C)c(OC)c2)c1.CC.CC.CCc1ccc(C)cc1. The molecule has 4 heteroatoms. The highest BCUT2D eigenvalue weighted by molar-refractivity contribution is 5.84. The Kier molecular flexibility index (Phi) is 20.1. The van der Waals surface area contributed by atoms with Crippen LogP contribution in [-0.2, 0) is 12.8 Å². The molecule has 3 rings (SSSR count). The first-order valence-corrected chi connectivity index (χ1v) is 15.5. The molecule has 0 aliphatic heterocycles. The summed E-state index contributed by atoms with van der Waals surface area (Å²) in [5, 5.41) is 0. The molecule has 0 unspecified atom stereocenters. The molecule has 4 nitrogen and oxygen atoms in total. The topological polar surface area (TPSA) is 60.5 Å². The van der Waals surface area contributed by atoms with E-state index in [4.69, 9.17) is 10.5 Å². The number of ether oxygens (including phenoxy) is 1. The van der Waals surface area contributed by atoms with E-state index >= 15 is 0 Å². The van der Waals surface area contributed by atoms with Crippen LogP contribution in [0.5, 0.6) is 5.75 Å². The second kappa shape index (κ2) is 22.0. The molecule has 0 fully saturated rings. The highest BCUT2D eigenvalue weighted by Gasteiger charge is 2.06. The number of hydrogen-bond acceptors (Lipinski definition) is 3. The molecular weight excluding hydrogens is 514 g/mol. The van der Waals surface area contributed by atoms with Crippen LogP contribution in [0, 0.1) is 20.8 Å². The van der Waals surface area contributed by atoms with Gasteiger partial charge in [0.1, 0.15) is 5.75 Å². The number of allylic oxidation sites excluding steroid dienone is 4. The van der Waals surface area contributed by atoms with Crippen molar-refractivity contribution in [3.63, 3.8) is 0 Å². The van der Waals surface area contributed by atoms with Crippen molar-refractivity contribution in [2.45, 2.75) is 102 Å². The zero-order chi connectivity index (χ0) is 32.1. The van der Waals surface area contributed by atoms with Gasteiger partial charge in [0.15, 0.2) is 0 Å². The monoisotopic (exact) mass is 571 g/mol. The lowest BCUT2D eigenvalue weighted by Gasteiger charge is -2.09. The standard InChI is InChI=1S/C25H33N3O.C9H12.2C2H6/c1-7-17(3)13-21(8-2)22-15-23(19(5)27-16-22)28-25(26)12-11-20-10-9-18(4)24(14-20)29-6;1-3-9-6-4-8(2)5-7-9;2*1-2/h8-10,13-16H,7,11-12H2,1-6H3,(H2,26,28);4-7H,3H2,1-2H3;2*1-2H3/b17-13?,21-8+;;;. The smallest absolute Gasteiger partial charge is 0.122 e. The second-order valence-corrected chi connectivity index (χ2v) is 9.66. The van der Waals surface area contributed by atoms with Crippen LogP contribution in [0.25, 0.3) is 5.57 Å². The van der Waals surface area contributed by atoms with E-state index in [1.165, 1.54) is 22.3 Å². The molecule has 1 aromatic heterocycles. The van der Waals surface area contributed by atoms with E-state index in [-0.39, 0.29) is 0 Å². The van der Waals surface area contributed by atoms with E-state index in [1.807, 2.05) is 54.7 Å². The quantitative estimate of drug-likeness (QED) is 0.158. The molecule has 0 amide bonds. The van der Waals surface area contributed by atoms with Gasteiger partial charge in [-0.15, -0.1) is 0 Å². The lowest BCUT2D eigenvalue weighted by molar-refractivity contribution is 0.411. The highest BCUT2D eigenvalue weighted by atomic mass is 16.5. The van der Waals surface area contributed by atoms with Crippen LogP contribution in [0.15, 0.2) is 77.4 Å². The molecule has 0 saturated heterocycles. The molecule has 230 valence electrons. The summed E-state index contributed by atoms with van der Waals surface area (Å²) in [4.78, 5) is 9.20. The van der Waals surface area contributed by atoms with E-state index in [0.717, 1.165) is 53.1 Å². The third kappa shape index (κ3) is 13.8. The Bertz CT molecular complexity index is 1270. The fourth-order valence-electron chi connectivity index (χ4n) is 3.82. The minimum absolute atomic E-state index is 0.605. The largest absolute Gasteiger partial charge is 0.496 e. The summed E-state index contributed by atoms with van der Waals surface area (Å²) in [5.41, 5.74) is 16.6. The first-order chi connectivity index (χ1) is 20.2. The minimum atomic E-state index is 0.605. The van der Waals surface area contributed by atoms with Crippen LogP contribution in [0.3, 0.4) is 0 Å². The number of methoxy groups -OCH3 is 1. The molecule has 0 atom stereocenters. The Hall–Kier alpha value is -3.66. The summed E-state index contributed by atoms with van der Waals surface area (Å²) in [7, 11) is 1.70. The zero-order valence-corrected chi connectivity index (χ0v) is 28.6. The van der Waals surface area contributed by atoms with Crippen LogP contribution in [-0.4, -0.2) is 17.9 Å². The van der Waals surface area contributed by atoms with Crippen molar-refractivity contribution < 1.29 is 4.74 Å². The van der Waals surface area contributed by atoms with Gasteiger partial charge >= 0.3 is 0 Å². The number of benzene rings is 2. The number of amidine groups is 1. The highest BCUT2D eigenvalue weighted by Crippen LogP contribution is 2.25. The number of rotatable bonds is 9. The molecule has 0 bridgehead atoms.